The van der Waals surface area contributed by atoms with Crippen molar-refractivity contribution in [1.82, 2.24) is 30.0 Å². The maximum Gasteiger partial charge on any atom is 0.269 e. The van der Waals surface area contributed by atoms with Gasteiger partial charge in [0.25, 0.3) is 5.69 Å². The van der Waals surface area contributed by atoms with E-state index < -0.39 is 4.92 Å². The Kier molecular flexibility index (Phi) is 4.80. The maximum atomic E-state index is 10.7. The highest BCUT2D eigenvalue weighted by Gasteiger charge is 2.16. The molecule has 0 aliphatic carbocycles. The van der Waals surface area contributed by atoms with Crippen molar-refractivity contribution in [2.24, 2.45) is 0 Å². The first kappa shape index (κ1) is 18.1. The lowest BCUT2D eigenvalue weighted by Gasteiger charge is -2.04. The van der Waals surface area contributed by atoms with Crippen molar-refractivity contribution in [2.75, 3.05) is 0 Å². The minimum absolute atomic E-state index is 0.0316. The molecule has 0 unspecified atom stereocenters. The summed E-state index contributed by atoms with van der Waals surface area (Å²) >= 11 is 10.6. The zero-order chi connectivity index (χ0) is 19.7. The zero-order valence-electron chi connectivity index (χ0n) is 14.2. The van der Waals surface area contributed by atoms with E-state index in [0.717, 1.165) is 11.3 Å². The largest absolute Gasteiger partial charge is 0.269 e. The molecule has 11 heteroatoms. The van der Waals surface area contributed by atoms with Gasteiger partial charge in [0.2, 0.25) is 5.82 Å². The Morgan fingerprint density at radius 1 is 1.18 bits per heavy atom. The molecule has 0 amide bonds. The number of tetrazole rings is 1. The first-order chi connectivity index (χ1) is 13.5. The second-order valence-electron chi connectivity index (χ2n) is 5.84. The van der Waals surface area contributed by atoms with Crippen LogP contribution >= 0.6 is 24.2 Å². The molecule has 0 fully saturated rings. The van der Waals surface area contributed by atoms with Crippen molar-refractivity contribution in [3.05, 3.63) is 75.4 Å². The Hall–Kier alpha value is -3.24. The normalized spacial score (nSPS) is 10.9. The molecule has 0 spiro atoms. The summed E-state index contributed by atoms with van der Waals surface area (Å²) in [4.78, 5) is 11.7. The monoisotopic (exact) mass is 413 g/mol. The number of halogens is 1. The highest BCUT2D eigenvalue weighted by molar-refractivity contribution is 7.80. The van der Waals surface area contributed by atoms with Gasteiger partial charge in [0.05, 0.1) is 28.9 Å². The SMILES string of the molecule is O=[N+]([O-])c1ccc(Cn2nnc(-c3cnn(-c4cccc(Cl)c4)c3S)n2)cc1. The Balaban J connectivity index is 1.57. The molecule has 4 aromatic rings. The van der Waals surface area contributed by atoms with Gasteiger partial charge in [0.1, 0.15) is 5.03 Å². The van der Waals surface area contributed by atoms with Gasteiger partial charge in [-0.25, -0.2) is 4.68 Å². The molecule has 2 aromatic carbocycles. The summed E-state index contributed by atoms with van der Waals surface area (Å²) in [5.74, 6) is 0.375. The van der Waals surface area contributed by atoms with Crippen LogP contribution in [0.1, 0.15) is 5.56 Å². The van der Waals surface area contributed by atoms with E-state index in [0.29, 0.717) is 28.0 Å². The van der Waals surface area contributed by atoms with Gasteiger partial charge in [-0.1, -0.05) is 29.8 Å². The minimum Gasteiger partial charge on any atom is -0.258 e. The smallest absolute Gasteiger partial charge is 0.258 e. The van der Waals surface area contributed by atoms with E-state index in [1.165, 1.54) is 16.9 Å². The van der Waals surface area contributed by atoms with E-state index in [4.69, 9.17) is 11.6 Å². The van der Waals surface area contributed by atoms with E-state index in [2.05, 4.69) is 33.1 Å². The van der Waals surface area contributed by atoms with Gasteiger partial charge in [0, 0.05) is 17.2 Å². The Morgan fingerprint density at radius 2 is 1.96 bits per heavy atom. The van der Waals surface area contributed by atoms with Gasteiger partial charge in [-0.05, 0) is 29.0 Å². The van der Waals surface area contributed by atoms with E-state index >= 15 is 0 Å². The van der Waals surface area contributed by atoms with Crippen molar-refractivity contribution in [3.8, 4) is 17.1 Å². The van der Waals surface area contributed by atoms with Gasteiger partial charge >= 0.3 is 0 Å². The third-order valence-electron chi connectivity index (χ3n) is 3.96. The van der Waals surface area contributed by atoms with Crippen LogP contribution in [0.15, 0.2) is 59.8 Å². The number of rotatable bonds is 5. The summed E-state index contributed by atoms with van der Waals surface area (Å²) in [5.41, 5.74) is 2.24. The number of nitro benzene ring substituents is 1. The predicted molar refractivity (Wildman–Crippen MR) is 105 cm³/mol. The van der Waals surface area contributed by atoms with Gasteiger partial charge in [-0.15, -0.1) is 22.8 Å². The number of non-ortho nitro benzene ring substituents is 1. The van der Waals surface area contributed by atoms with Crippen LogP contribution < -0.4 is 0 Å². The van der Waals surface area contributed by atoms with Crippen LogP contribution in [-0.4, -0.2) is 34.9 Å². The highest BCUT2D eigenvalue weighted by Crippen LogP contribution is 2.26. The van der Waals surface area contributed by atoms with E-state index in [1.807, 2.05) is 12.1 Å². The van der Waals surface area contributed by atoms with Crippen molar-refractivity contribution >= 4 is 29.9 Å². The number of hydrogen-bond acceptors (Lipinski definition) is 7. The second-order valence-corrected chi connectivity index (χ2v) is 6.70. The lowest BCUT2D eigenvalue weighted by Crippen LogP contribution is -2.04. The molecule has 0 saturated carbocycles. The fourth-order valence-electron chi connectivity index (χ4n) is 2.60. The molecule has 2 aromatic heterocycles. The standard InChI is InChI=1S/C17H12ClN7O2S/c18-12-2-1-3-14(8-12)24-17(28)15(9-19-24)16-20-22-23(21-16)10-11-4-6-13(7-5-11)25(26)27/h1-9,28H,10H2. The lowest BCUT2D eigenvalue weighted by molar-refractivity contribution is -0.384. The topological polar surface area (TPSA) is 105 Å². The maximum absolute atomic E-state index is 10.7. The summed E-state index contributed by atoms with van der Waals surface area (Å²) in [6.07, 6.45) is 1.61. The third kappa shape index (κ3) is 3.59. The van der Waals surface area contributed by atoms with Crippen LogP contribution in [0.25, 0.3) is 17.1 Å². The first-order valence-electron chi connectivity index (χ1n) is 8.06. The first-order valence-corrected chi connectivity index (χ1v) is 8.88. The summed E-state index contributed by atoms with van der Waals surface area (Å²) in [6, 6.07) is 13.4. The molecule has 0 N–H and O–H groups in total. The average molecular weight is 414 g/mol. The van der Waals surface area contributed by atoms with Crippen LogP contribution in [0.3, 0.4) is 0 Å². The zero-order valence-corrected chi connectivity index (χ0v) is 15.8. The second kappa shape index (κ2) is 7.41. The summed E-state index contributed by atoms with van der Waals surface area (Å²) in [5, 5.41) is 28.6. The fourth-order valence-corrected chi connectivity index (χ4v) is 3.11. The summed E-state index contributed by atoms with van der Waals surface area (Å²) in [6.45, 7) is 0.329. The van der Waals surface area contributed by atoms with Crippen molar-refractivity contribution in [2.45, 2.75) is 11.6 Å². The van der Waals surface area contributed by atoms with Crippen molar-refractivity contribution in [1.29, 1.82) is 0 Å². The van der Waals surface area contributed by atoms with E-state index in [-0.39, 0.29) is 5.69 Å². The van der Waals surface area contributed by atoms with Crippen molar-refractivity contribution < 1.29 is 4.92 Å². The van der Waals surface area contributed by atoms with Crippen LogP contribution in [0.2, 0.25) is 5.02 Å². The van der Waals surface area contributed by atoms with Gasteiger partial charge in [-0.2, -0.15) is 9.90 Å². The van der Waals surface area contributed by atoms with Gasteiger partial charge < -0.3 is 0 Å². The molecule has 4 rings (SSSR count). The van der Waals surface area contributed by atoms with Crippen LogP contribution in [0.5, 0.6) is 0 Å². The third-order valence-corrected chi connectivity index (χ3v) is 4.63. The van der Waals surface area contributed by atoms with Gasteiger partial charge in [-0.3, -0.25) is 10.1 Å². The number of benzene rings is 2. The van der Waals surface area contributed by atoms with Gasteiger partial charge in [0.15, 0.2) is 0 Å². The van der Waals surface area contributed by atoms with Crippen LogP contribution in [0, 0.1) is 10.1 Å². The van der Waals surface area contributed by atoms with Crippen molar-refractivity contribution in [3.63, 3.8) is 0 Å². The molecule has 0 aliphatic rings. The molecule has 9 nitrogen and oxygen atoms in total. The summed E-state index contributed by atoms with van der Waals surface area (Å²) in [7, 11) is 0. The predicted octanol–water partition coefficient (Wildman–Crippen LogP) is 3.42. The average Bonchev–Trinajstić information content (AvgIpc) is 3.28. The summed E-state index contributed by atoms with van der Waals surface area (Å²) < 4.78 is 1.63. The Morgan fingerprint density at radius 3 is 2.68 bits per heavy atom. The number of nitro groups is 1. The Labute approximate surface area is 169 Å². The van der Waals surface area contributed by atoms with E-state index in [1.54, 1.807) is 35.1 Å². The fraction of sp³-hybridized carbons (Fsp3) is 0.0588. The molecule has 2 heterocycles. The molecular formula is C17H12ClN7O2S. The van der Waals surface area contributed by atoms with Crippen LogP contribution in [0.4, 0.5) is 5.69 Å². The van der Waals surface area contributed by atoms with Crippen LogP contribution in [-0.2, 0) is 6.54 Å². The minimum atomic E-state index is -0.443. The van der Waals surface area contributed by atoms with E-state index in [9.17, 15) is 10.1 Å². The molecule has 0 aliphatic heterocycles. The molecule has 0 atom stereocenters. The lowest BCUT2D eigenvalue weighted by atomic mass is 10.2. The number of nitrogens with zero attached hydrogens (tertiary/aromatic N) is 7. The molecule has 28 heavy (non-hydrogen) atoms. The molecule has 140 valence electrons. The quantitative estimate of drug-likeness (QED) is 0.305. The number of thiol groups is 1. The molecule has 0 bridgehead atoms. The molecule has 0 radical (unpaired) electrons. The molecule has 0 saturated heterocycles. The number of hydrogen-bond donors (Lipinski definition) is 1. The Bertz CT molecular complexity index is 1160. The number of aromatic nitrogens is 6. The highest BCUT2D eigenvalue weighted by atomic mass is 35.5. The molecular weight excluding hydrogens is 402 g/mol.